The molecule has 5 aromatic carbocycles. The molecule has 0 fully saturated rings. The van der Waals surface area contributed by atoms with Crippen molar-refractivity contribution in [2.24, 2.45) is 9.98 Å². The average molecular weight is 592 g/mol. The third-order valence-electron chi connectivity index (χ3n) is 6.59. The molecule has 0 amide bonds. The Morgan fingerprint density at radius 2 is 1.35 bits per heavy atom. The molecule has 4 nitrogen and oxygen atoms in total. The van der Waals surface area contributed by atoms with E-state index in [-0.39, 0.29) is 10.3 Å². The molecule has 5 heteroatoms. The Balaban J connectivity index is 1.30. The molecular formula is C32H23IN3O-. The number of hydrogen-bond acceptors (Lipinski definition) is 4. The van der Waals surface area contributed by atoms with Gasteiger partial charge in [0.2, 0.25) is 0 Å². The fourth-order valence-electron chi connectivity index (χ4n) is 4.71. The third-order valence-corrected chi connectivity index (χ3v) is 9.63. The summed E-state index contributed by atoms with van der Waals surface area (Å²) in [5.41, 5.74) is 5.57. The first-order valence-corrected chi connectivity index (χ1v) is 14.6. The van der Waals surface area contributed by atoms with Crippen molar-refractivity contribution in [3.05, 3.63) is 144 Å². The van der Waals surface area contributed by atoms with Gasteiger partial charge in [0.05, 0.1) is 0 Å². The van der Waals surface area contributed by atoms with Gasteiger partial charge in [-0.15, -0.1) is 0 Å². The minimum atomic E-state index is -0.496. The molecule has 0 aliphatic carbocycles. The van der Waals surface area contributed by atoms with Gasteiger partial charge >= 0.3 is 227 Å². The van der Waals surface area contributed by atoms with Gasteiger partial charge in [-0.1, -0.05) is 0 Å². The molecule has 0 aromatic heterocycles. The summed E-state index contributed by atoms with van der Waals surface area (Å²) in [5, 5.41) is 5.80. The Kier molecular flexibility index (Phi) is 5.70. The number of amidine groups is 1. The van der Waals surface area contributed by atoms with E-state index >= 15 is 0 Å². The Morgan fingerprint density at radius 1 is 0.676 bits per heavy atom. The molecule has 180 valence electrons. The van der Waals surface area contributed by atoms with Crippen LogP contribution in [0.3, 0.4) is 0 Å². The van der Waals surface area contributed by atoms with Crippen LogP contribution in [0.2, 0.25) is 0 Å². The van der Waals surface area contributed by atoms with Gasteiger partial charge in [-0.25, -0.2) is 0 Å². The molecule has 2 heterocycles. The second-order valence-electron chi connectivity index (χ2n) is 9.01. The molecule has 0 saturated carbocycles. The number of benzene rings is 5. The maximum atomic E-state index is 6.46. The summed E-state index contributed by atoms with van der Waals surface area (Å²) in [5.74, 6) is 1.70. The molecule has 2 aliphatic heterocycles. The monoisotopic (exact) mass is 592 g/mol. The van der Waals surface area contributed by atoms with Gasteiger partial charge in [-0.05, 0) is 0 Å². The minimum absolute atomic E-state index is 0.125. The van der Waals surface area contributed by atoms with Crippen LogP contribution in [0.4, 0.5) is 5.69 Å². The van der Waals surface area contributed by atoms with Crippen LogP contribution in [0.25, 0.3) is 10.8 Å². The van der Waals surface area contributed by atoms with E-state index in [1.165, 1.54) is 5.56 Å². The van der Waals surface area contributed by atoms with Crippen LogP contribution >= 0.6 is 0 Å². The van der Waals surface area contributed by atoms with E-state index in [1.807, 2.05) is 36.4 Å². The number of ether oxygens (including phenoxy) is 1. The zero-order valence-electron chi connectivity index (χ0n) is 19.9. The zero-order valence-corrected chi connectivity index (χ0v) is 22.0. The van der Waals surface area contributed by atoms with Crippen molar-refractivity contribution < 1.29 is 25.9 Å². The average Bonchev–Trinajstić information content (AvgIpc) is 3.43. The molecule has 2 unspecified atom stereocenters. The Morgan fingerprint density at radius 3 is 2.11 bits per heavy atom. The number of hydrogen-bond donors (Lipinski definition) is 1. The van der Waals surface area contributed by atoms with Gasteiger partial charge in [-0.2, -0.15) is 0 Å². The summed E-state index contributed by atoms with van der Waals surface area (Å²) in [7, 11) is 0. The van der Waals surface area contributed by atoms with Crippen molar-refractivity contribution in [3.63, 3.8) is 0 Å². The molecule has 7 rings (SSSR count). The van der Waals surface area contributed by atoms with Gasteiger partial charge in [0, 0.05) is 0 Å². The first-order chi connectivity index (χ1) is 18.3. The first-order valence-electron chi connectivity index (χ1n) is 12.3. The molecule has 0 bridgehead atoms. The number of anilines is 1. The number of nitrogens with one attached hydrogen (secondary N) is 1. The van der Waals surface area contributed by atoms with Gasteiger partial charge in [-0.3, -0.25) is 0 Å². The van der Waals surface area contributed by atoms with E-state index in [2.05, 4.69) is 90.2 Å². The van der Waals surface area contributed by atoms with E-state index in [0.717, 1.165) is 48.5 Å². The summed E-state index contributed by atoms with van der Waals surface area (Å²) in [6, 6.07) is 42.1. The molecule has 37 heavy (non-hydrogen) atoms. The van der Waals surface area contributed by atoms with Crippen molar-refractivity contribution in [1.29, 1.82) is 0 Å². The van der Waals surface area contributed by atoms with E-state index in [4.69, 9.17) is 14.7 Å². The molecule has 1 N–H and O–H groups in total. The SMILES string of the molecule is c1ccc(C2=NC(c3ccccc3)[I-]C(c3ccc4ccc5c(c4c3)OC(c3ccccc3)N5)=N2)cc1. The second-order valence-corrected chi connectivity index (χ2v) is 11.8. The third kappa shape index (κ3) is 4.29. The van der Waals surface area contributed by atoms with Crippen LogP contribution in [0.1, 0.15) is 32.5 Å². The quantitative estimate of drug-likeness (QED) is 0.192. The normalized spacial score (nSPS) is 18.6. The number of aliphatic imine (C=N–C) groups is 2. The number of alkyl halides is 1. The van der Waals surface area contributed by atoms with Gasteiger partial charge in [0.15, 0.2) is 0 Å². The fourth-order valence-corrected chi connectivity index (χ4v) is 7.51. The summed E-state index contributed by atoms with van der Waals surface area (Å²) in [4.78, 5) is 10.2. The van der Waals surface area contributed by atoms with Gasteiger partial charge in [0.1, 0.15) is 0 Å². The Labute approximate surface area is 226 Å². The van der Waals surface area contributed by atoms with Crippen LogP contribution in [0, 0.1) is 0 Å². The van der Waals surface area contributed by atoms with E-state index in [1.54, 1.807) is 0 Å². The topological polar surface area (TPSA) is 46.0 Å². The summed E-state index contributed by atoms with van der Waals surface area (Å²) in [6.45, 7) is 0. The van der Waals surface area contributed by atoms with E-state index in [9.17, 15) is 0 Å². The van der Waals surface area contributed by atoms with Crippen LogP contribution in [-0.2, 0) is 0 Å². The number of rotatable bonds is 4. The van der Waals surface area contributed by atoms with Crippen molar-refractivity contribution in [3.8, 4) is 5.75 Å². The molecule has 2 aliphatic rings. The summed E-state index contributed by atoms with van der Waals surface area (Å²) >= 11 is -0.496. The van der Waals surface area contributed by atoms with Crippen molar-refractivity contribution in [2.45, 2.75) is 10.3 Å². The van der Waals surface area contributed by atoms with Crippen molar-refractivity contribution in [2.75, 3.05) is 5.32 Å². The van der Waals surface area contributed by atoms with Gasteiger partial charge < -0.3 is 0 Å². The van der Waals surface area contributed by atoms with Crippen LogP contribution in [-0.4, -0.2) is 9.55 Å². The molecule has 0 radical (unpaired) electrons. The Bertz CT molecular complexity index is 1650. The van der Waals surface area contributed by atoms with Crippen molar-refractivity contribution >= 4 is 26.0 Å². The van der Waals surface area contributed by atoms with E-state index < -0.39 is 21.2 Å². The predicted octanol–water partition coefficient (Wildman–Crippen LogP) is 4.34. The number of fused-ring (bicyclic) bond motifs is 3. The van der Waals surface area contributed by atoms with Crippen molar-refractivity contribution in [1.82, 2.24) is 0 Å². The molecule has 0 spiro atoms. The predicted molar refractivity (Wildman–Crippen MR) is 146 cm³/mol. The standard InChI is InChI=1S/C32H23IN3O/c1-4-10-22(11-5-1)29-33-30(36-31(35-29)23-12-6-2-7-13-23)25-17-16-21-18-19-27-28(26(21)20-25)37-32(34-27)24-14-8-3-9-15-24/h1-20,29,32,34H/q-1. The zero-order chi connectivity index (χ0) is 24.6. The molecule has 0 saturated heterocycles. The van der Waals surface area contributed by atoms with E-state index in [0.29, 0.717) is 0 Å². The van der Waals surface area contributed by atoms with Crippen LogP contribution in [0.15, 0.2) is 131 Å². The summed E-state index contributed by atoms with van der Waals surface area (Å²) < 4.78 is 7.73. The maximum absolute atomic E-state index is 6.46. The molecular weight excluding hydrogens is 569 g/mol. The summed E-state index contributed by atoms with van der Waals surface area (Å²) in [6.07, 6.45) is -0.191. The number of nitrogens with zero attached hydrogens (tertiary/aromatic N) is 2. The second kappa shape index (κ2) is 9.48. The molecule has 2 atom stereocenters. The Hall–Kier alpha value is -3.97. The number of halogens is 1. The first kappa shape index (κ1) is 22.2. The van der Waals surface area contributed by atoms with Crippen LogP contribution in [0.5, 0.6) is 5.75 Å². The van der Waals surface area contributed by atoms with Crippen LogP contribution < -0.4 is 31.3 Å². The van der Waals surface area contributed by atoms with Gasteiger partial charge in [0.25, 0.3) is 0 Å². The molecule has 5 aromatic rings. The fraction of sp³-hybridized carbons (Fsp3) is 0.0625.